The van der Waals surface area contributed by atoms with Crippen molar-refractivity contribution in [1.29, 1.82) is 0 Å². The smallest absolute Gasteiger partial charge is 0.295 e. The lowest BCUT2D eigenvalue weighted by atomic mass is 10.1. The zero-order valence-corrected chi connectivity index (χ0v) is 5.24. The Balaban J connectivity index is 2.81. The van der Waals surface area contributed by atoms with Crippen LogP contribution in [0.15, 0.2) is 23.8 Å². The summed E-state index contributed by atoms with van der Waals surface area (Å²) in [4.78, 5) is 13.0. The minimum atomic E-state index is 0.498. The van der Waals surface area contributed by atoms with Crippen molar-refractivity contribution in [3.63, 3.8) is 0 Å². The van der Waals surface area contributed by atoms with Crippen molar-refractivity contribution in [1.82, 2.24) is 0 Å². The van der Waals surface area contributed by atoms with Crippen LogP contribution in [0.3, 0.4) is 0 Å². The Morgan fingerprint density at radius 3 is 2.80 bits per heavy atom. The van der Waals surface area contributed by atoms with Gasteiger partial charge in [0.1, 0.15) is 0 Å². The molecule has 3 nitrogen and oxygen atoms in total. The van der Waals surface area contributed by atoms with E-state index in [2.05, 4.69) is 4.79 Å². The Kier molecular flexibility index (Phi) is 1.92. The summed E-state index contributed by atoms with van der Waals surface area (Å²) in [5, 5.41) is 0. The van der Waals surface area contributed by atoms with Gasteiger partial charge in [-0.25, -0.2) is 0 Å². The average molecular weight is 133 g/mol. The molecule has 0 amide bonds. The van der Waals surface area contributed by atoms with Gasteiger partial charge in [-0.15, -0.1) is 0 Å². The molecule has 0 saturated carbocycles. The van der Waals surface area contributed by atoms with Crippen LogP contribution in [-0.2, 0) is 4.79 Å². The van der Waals surface area contributed by atoms with Gasteiger partial charge in [0.25, 0.3) is 5.71 Å². The second-order valence-electron chi connectivity index (χ2n) is 1.89. The molecule has 0 bridgehead atoms. The van der Waals surface area contributed by atoms with Crippen LogP contribution in [0.25, 0.3) is 5.53 Å². The predicted molar refractivity (Wildman–Crippen MR) is 36.2 cm³/mol. The molecule has 0 saturated heterocycles. The van der Waals surface area contributed by atoms with Gasteiger partial charge < -0.3 is 5.53 Å². The third-order valence-corrected chi connectivity index (χ3v) is 1.23. The monoisotopic (exact) mass is 133 g/mol. The maximum Gasteiger partial charge on any atom is 0.295 e. The highest BCUT2D eigenvalue weighted by molar-refractivity contribution is 5.96. The van der Waals surface area contributed by atoms with Gasteiger partial charge >= 0.3 is 0 Å². The predicted octanol–water partition coefficient (Wildman–Crippen LogP) is 0.653. The quantitative estimate of drug-likeness (QED) is 0.382. The fourth-order valence-corrected chi connectivity index (χ4v) is 0.686. The van der Waals surface area contributed by atoms with E-state index in [-0.39, 0.29) is 0 Å². The van der Waals surface area contributed by atoms with Crippen molar-refractivity contribution in [2.45, 2.75) is 6.42 Å². The molecule has 1 aliphatic carbocycles. The van der Waals surface area contributed by atoms with Crippen LogP contribution < -0.4 is 0 Å². The Bertz CT molecular complexity index is 257. The van der Waals surface area contributed by atoms with Crippen molar-refractivity contribution in [2.24, 2.45) is 0 Å². The second kappa shape index (κ2) is 2.90. The van der Waals surface area contributed by atoms with Crippen molar-refractivity contribution in [2.75, 3.05) is 0 Å². The molecule has 10 heavy (non-hydrogen) atoms. The van der Waals surface area contributed by atoms with Crippen LogP contribution in [0.5, 0.6) is 0 Å². The van der Waals surface area contributed by atoms with Crippen molar-refractivity contribution in [3.05, 3.63) is 29.3 Å². The molecule has 0 aromatic heterocycles. The molecule has 1 radical (unpaired) electrons. The molecular weight excluding hydrogens is 128 g/mol. The molecule has 3 heteroatoms. The van der Waals surface area contributed by atoms with Gasteiger partial charge in [-0.3, -0.25) is 4.79 Å². The summed E-state index contributed by atoms with van der Waals surface area (Å²) in [6, 6.07) is 0. The molecule has 0 atom stereocenters. The number of hydrogen-bond donors (Lipinski definition) is 0. The fourth-order valence-electron chi connectivity index (χ4n) is 0.686. The highest BCUT2D eigenvalue weighted by atomic mass is 16.1. The Hall–Kier alpha value is -1.47. The molecule has 0 spiro atoms. The Morgan fingerprint density at radius 2 is 2.40 bits per heavy atom. The molecule has 49 valence electrons. The zero-order chi connectivity index (χ0) is 7.40. The van der Waals surface area contributed by atoms with E-state index in [9.17, 15) is 4.79 Å². The normalized spacial score (nSPS) is 16.0. The summed E-state index contributed by atoms with van der Waals surface area (Å²) in [5.74, 6) is 0. The first kappa shape index (κ1) is 6.65. The SMILES string of the molecule is [N-]=[N+]=C1C=CC([C]=O)=CC1. The van der Waals surface area contributed by atoms with Crippen LogP contribution in [0, 0.1) is 0 Å². The van der Waals surface area contributed by atoms with Gasteiger partial charge in [-0.2, -0.15) is 4.79 Å². The maximum atomic E-state index is 10.0. The first-order chi connectivity index (χ1) is 4.86. The third kappa shape index (κ3) is 1.27. The fraction of sp³-hybridized carbons (Fsp3) is 0.143. The minimum absolute atomic E-state index is 0.498. The first-order valence-corrected chi connectivity index (χ1v) is 2.84. The molecular formula is C7H5N2O. The molecule has 0 aliphatic heterocycles. The highest BCUT2D eigenvalue weighted by Crippen LogP contribution is 2.03. The zero-order valence-electron chi connectivity index (χ0n) is 5.24. The first-order valence-electron chi connectivity index (χ1n) is 2.84. The van der Waals surface area contributed by atoms with E-state index in [1.807, 2.05) is 0 Å². The van der Waals surface area contributed by atoms with Crippen LogP contribution in [-0.4, -0.2) is 16.8 Å². The molecule has 0 unspecified atom stereocenters. The Morgan fingerprint density at radius 1 is 1.60 bits per heavy atom. The average Bonchev–Trinajstić information content (AvgIpc) is 2.05. The lowest BCUT2D eigenvalue weighted by Crippen LogP contribution is -1.98. The van der Waals surface area contributed by atoms with E-state index in [0.717, 1.165) is 0 Å². The molecule has 0 N–H and O–H groups in total. The largest absolute Gasteiger partial charge is 0.361 e. The maximum absolute atomic E-state index is 10.0. The van der Waals surface area contributed by atoms with E-state index in [1.54, 1.807) is 24.5 Å². The molecule has 0 fully saturated rings. The topological polar surface area (TPSA) is 53.5 Å². The van der Waals surface area contributed by atoms with Crippen LogP contribution in [0.1, 0.15) is 6.42 Å². The lowest BCUT2D eigenvalue weighted by molar-refractivity contribution is -0.00539. The lowest BCUT2D eigenvalue weighted by Gasteiger charge is -1.92. The summed E-state index contributed by atoms with van der Waals surface area (Å²) >= 11 is 0. The summed E-state index contributed by atoms with van der Waals surface area (Å²) in [5.41, 5.74) is 9.32. The minimum Gasteiger partial charge on any atom is -0.361 e. The Labute approximate surface area is 58.3 Å². The molecule has 0 aromatic rings. The van der Waals surface area contributed by atoms with Crippen LogP contribution in [0.4, 0.5) is 0 Å². The molecule has 1 rings (SSSR count). The van der Waals surface area contributed by atoms with Gasteiger partial charge in [0.15, 0.2) is 0 Å². The van der Waals surface area contributed by atoms with E-state index in [4.69, 9.17) is 5.53 Å². The highest BCUT2D eigenvalue weighted by Gasteiger charge is 2.06. The second-order valence-corrected chi connectivity index (χ2v) is 1.89. The number of nitrogens with zero attached hydrogens (tertiary/aromatic N) is 2. The van der Waals surface area contributed by atoms with Gasteiger partial charge in [0.2, 0.25) is 6.29 Å². The molecule has 0 heterocycles. The summed E-state index contributed by atoms with van der Waals surface area (Å²) in [6.07, 6.45) is 7.03. The molecule has 0 aromatic carbocycles. The van der Waals surface area contributed by atoms with Crippen molar-refractivity contribution < 1.29 is 9.58 Å². The van der Waals surface area contributed by atoms with Gasteiger partial charge in [0, 0.05) is 11.6 Å². The van der Waals surface area contributed by atoms with Gasteiger partial charge in [-0.05, 0) is 6.08 Å². The summed E-state index contributed by atoms with van der Waals surface area (Å²) in [7, 11) is 0. The molecule has 1 aliphatic rings. The number of allylic oxidation sites excluding steroid dienone is 4. The van der Waals surface area contributed by atoms with Crippen molar-refractivity contribution >= 4 is 12.0 Å². The van der Waals surface area contributed by atoms with E-state index >= 15 is 0 Å². The summed E-state index contributed by atoms with van der Waals surface area (Å²) in [6.45, 7) is 0. The number of rotatable bonds is 1. The van der Waals surface area contributed by atoms with E-state index < -0.39 is 0 Å². The van der Waals surface area contributed by atoms with E-state index in [0.29, 0.717) is 17.7 Å². The van der Waals surface area contributed by atoms with Crippen molar-refractivity contribution in [3.8, 4) is 0 Å². The number of hydrogen-bond acceptors (Lipinski definition) is 1. The standard InChI is InChI=1S/C7H5N2O/c8-9-7-3-1-6(5-10)2-4-7/h1-3H,4H2. The van der Waals surface area contributed by atoms with Gasteiger partial charge in [0.05, 0.1) is 6.42 Å². The van der Waals surface area contributed by atoms with Crippen LogP contribution >= 0.6 is 0 Å². The number of carbonyl (C=O) groups excluding carboxylic acids is 1. The van der Waals surface area contributed by atoms with E-state index in [1.165, 1.54) is 0 Å². The third-order valence-electron chi connectivity index (χ3n) is 1.23. The summed E-state index contributed by atoms with van der Waals surface area (Å²) < 4.78 is 0. The van der Waals surface area contributed by atoms with Crippen LogP contribution in [0.2, 0.25) is 0 Å². The van der Waals surface area contributed by atoms with Gasteiger partial charge in [-0.1, -0.05) is 6.08 Å².